The molecule has 1 unspecified atom stereocenters. The summed E-state index contributed by atoms with van der Waals surface area (Å²) in [6.45, 7) is 2.14. The number of aliphatic hydroxyl groups excluding tert-OH is 1. The second-order valence-corrected chi connectivity index (χ2v) is 4.32. The number of hydrogen-bond donors (Lipinski definition) is 1. The summed E-state index contributed by atoms with van der Waals surface area (Å²) in [4.78, 5) is 0. The van der Waals surface area contributed by atoms with Crippen molar-refractivity contribution in [2.24, 2.45) is 11.8 Å². The third-order valence-electron chi connectivity index (χ3n) is 2.88. The molecule has 1 rings (SSSR count). The van der Waals surface area contributed by atoms with Gasteiger partial charge in [0.1, 0.15) is 0 Å². The van der Waals surface area contributed by atoms with Crippen molar-refractivity contribution in [3.05, 3.63) is 0 Å². The first-order chi connectivity index (χ1) is 6.03. The smallest absolute Gasteiger partial charge is 0.248 e. The molecule has 1 saturated carbocycles. The minimum absolute atomic E-state index is 0.0375. The topological polar surface area (TPSA) is 20.2 Å². The molecule has 0 saturated heterocycles. The Balaban J connectivity index is 2.25. The molecule has 0 aromatic heterocycles. The zero-order valence-electron chi connectivity index (χ0n) is 8.10. The van der Waals surface area contributed by atoms with Crippen LogP contribution in [0.3, 0.4) is 0 Å². The summed E-state index contributed by atoms with van der Waals surface area (Å²) in [5.74, 6) is -1.75. The summed E-state index contributed by atoms with van der Waals surface area (Å²) >= 11 is 0. The molecule has 0 heterocycles. The maximum atomic E-state index is 12.7. The molecule has 13 heavy (non-hydrogen) atoms. The molecule has 1 aliphatic rings. The summed E-state index contributed by atoms with van der Waals surface area (Å²) < 4.78 is 25.5. The van der Waals surface area contributed by atoms with Gasteiger partial charge in [0, 0.05) is 19.4 Å². The number of rotatable bonds is 3. The molecule has 78 valence electrons. The van der Waals surface area contributed by atoms with Crippen LogP contribution in [-0.2, 0) is 0 Å². The molecule has 1 atom stereocenters. The van der Waals surface area contributed by atoms with Gasteiger partial charge in [0.25, 0.3) is 0 Å². The molecule has 0 radical (unpaired) electrons. The van der Waals surface area contributed by atoms with Gasteiger partial charge < -0.3 is 5.11 Å². The second-order valence-electron chi connectivity index (χ2n) is 4.32. The average molecular weight is 192 g/mol. The molecule has 1 aliphatic carbocycles. The fraction of sp³-hybridized carbons (Fsp3) is 1.00. The molecule has 0 bridgehead atoms. The molecule has 0 aromatic rings. The van der Waals surface area contributed by atoms with E-state index in [4.69, 9.17) is 5.11 Å². The fourth-order valence-corrected chi connectivity index (χ4v) is 1.98. The minimum Gasteiger partial charge on any atom is -0.396 e. The molecule has 1 N–H and O–H groups in total. The largest absolute Gasteiger partial charge is 0.396 e. The summed E-state index contributed by atoms with van der Waals surface area (Å²) in [6.07, 6.45) is 2.22. The van der Waals surface area contributed by atoms with Crippen molar-refractivity contribution in [2.45, 2.75) is 45.0 Å². The highest BCUT2D eigenvalue weighted by molar-refractivity contribution is 4.78. The van der Waals surface area contributed by atoms with Crippen LogP contribution < -0.4 is 0 Å². The molecule has 0 aliphatic heterocycles. The molecular formula is C10H18F2O. The van der Waals surface area contributed by atoms with Gasteiger partial charge >= 0.3 is 0 Å². The van der Waals surface area contributed by atoms with Crippen LogP contribution in [0.4, 0.5) is 8.78 Å². The van der Waals surface area contributed by atoms with Gasteiger partial charge in [0.2, 0.25) is 5.92 Å². The lowest BCUT2D eigenvalue weighted by molar-refractivity contribution is -0.0483. The van der Waals surface area contributed by atoms with Gasteiger partial charge in [0.05, 0.1) is 0 Å². The van der Waals surface area contributed by atoms with Gasteiger partial charge in [-0.3, -0.25) is 0 Å². The Kier molecular flexibility index (Phi) is 3.65. The van der Waals surface area contributed by atoms with Gasteiger partial charge in [-0.05, 0) is 31.1 Å². The molecular weight excluding hydrogens is 174 g/mol. The summed E-state index contributed by atoms with van der Waals surface area (Å²) in [7, 11) is 0. The van der Waals surface area contributed by atoms with Gasteiger partial charge in [-0.1, -0.05) is 6.92 Å². The van der Waals surface area contributed by atoms with Crippen LogP contribution in [0.1, 0.15) is 39.0 Å². The van der Waals surface area contributed by atoms with Crippen molar-refractivity contribution in [3.8, 4) is 0 Å². The monoisotopic (exact) mass is 192 g/mol. The first kappa shape index (κ1) is 10.9. The molecule has 0 aromatic carbocycles. The van der Waals surface area contributed by atoms with E-state index in [0.717, 1.165) is 6.42 Å². The lowest BCUT2D eigenvalue weighted by Crippen LogP contribution is -2.25. The zero-order valence-corrected chi connectivity index (χ0v) is 8.10. The van der Waals surface area contributed by atoms with Crippen molar-refractivity contribution >= 4 is 0 Å². The van der Waals surface area contributed by atoms with Crippen molar-refractivity contribution in [1.82, 2.24) is 0 Å². The first-order valence-electron chi connectivity index (χ1n) is 5.02. The maximum absolute atomic E-state index is 12.7. The van der Waals surface area contributed by atoms with E-state index in [0.29, 0.717) is 18.8 Å². The molecule has 0 spiro atoms. The molecule has 1 fully saturated rings. The Labute approximate surface area is 78.1 Å². The lowest BCUT2D eigenvalue weighted by Gasteiger charge is -2.29. The predicted octanol–water partition coefficient (Wildman–Crippen LogP) is 2.83. The average Bonchev–Trinajstić information content (AvgIpc) is 2.08. The van der Waals surface area contributed by atoms with Gasteiger partial charge in [0.15, 0.2) is 0 Å². The molecule has 3 heteroatoms. The van der Waals surface area contributed by atoms with Crippen molar-refractivity contribution in [3.63, 3.8) is 0 Å². The SMILES string of the molecule is CC(CO)CC1CCC(F)(F)CC1. The van der Waals surface area contributed by atoms with Crippen molar-refractivity contribution in [2.75, 3.05) is 6.61 Å². The molecule has 0 amide bonds. The standard InChI is InChI=1S/C10H18F2O/c1-8(7-13)6-9-2-4-10(11,12)5-3-9/h8-9,13H,2-7H2,1H3. The van der Waals surface area contributed by atoms with E-state index in [9.17, 15) is 8.78 Å². The van der Waals surface area contributed by atoms with Gasteiger partial charge in [-0.15, -0.1) is 0 Å². The number of alkyl halides is 2. The van der Waals surface area contributed by atoms with E-state index in [1.54, 1.807) is 0 Å². The van der Waals surface area contributed by atoms with Crippen LogP contribution in [0.25, 0.3) is 0 Å². The highest BCUT2D eigenvalue weighted by Gasteiger charge is 2.34. The van der Waals surface area contributed by atoms with E-state index in [1.165, 1.54) is 0 Å². The highest BCUT2D eigenvalue weighted by Crippen LogP contribution is 2.38. The fourth-order valence-electron chi connectivity index (χ4n) is 1.98. The van der Waals surface area contributed by atoms with E-state index in [2.05, 4.69) is 0 Å². The summed E-state index contributed by atoms with van der Waals surface area (Å²) in [5.41, 5.74) is 0. The lowest BCUT2D eigenvalue weighted by atomic mass is 9.82. The highest BCUT2D eigenvalue weighted by atomic mass is 19.3. The van der Waals surface area contributed by atoms with E-state index in [-0.39, 0.29) is 25.4 Å². The normalized spacial score (nSPS) is 25.8. The Morgan fingerprint density at radius 1 is 1.38 bits per heavy atom. The van der Waals surface area contributed by atoms with Gasteiger partial charge in [-0.25, -0.2) is 8.78 Å². The summed E-state index contributed by atoms with van der Waals surface area (Å²) in [6, 6.07) is 0. The van der Waals surface area contributed by atoms with Crippen LogP contribution in [-0.4, -0.2) is 17.6 Å². The van der Waals surface area contributed by atoms with Crippen LogP contribution in [0, 0.1) is 11.8 Å². The van der Waals surface area contributed by atoms with Crippen LogP contribution in [0.15, 0.2) is 0 Å². The number of aliphatic hydroxyl groups is 1. The van der Waals surface area contributed by atoms with Gasteiger partial charge in [-0.2, -0.15) is 0 Å². The van der Waals surface area contributed by atoms with Crippen molar-refractivity contribution < 1.29 is 13.9 Å². The third kappa shape index (κ3) is 3.59. The minimum atomic E-state index is -2.42. The van der Waals surface area contributed by atoms with Crippen LogP contribution in [0.2, 0.25) is 0 Å². The van der Waals surface area contributed by atoms with Crippen LogP contribution >= 0.6 is 0 Å². The van der Waals surface area contributed by atoms with Crippen molar-refractivity contribution in [1.29, 1.82) is 0 Å². The second kappa shape index (κ2) is 4.36. The third-order valence-corrected chi connectivity index (χ3v) is 2.88. The maximum Gasteiger partial charge on any atom is 0.248 e. The predicted molar refractivity (Wildman–Crippen MR) is 47.8 cm³/mol. The Hall–Kier alpha value is -0.180. The number of halogens is 2. The van der Waals surface area contributed by atoms with E-state index in [1.807, 2.05) is 6.92 Å². The quantitative estimate of drug-likeness (QED) is 0.729. The molecule has 1 nitrogen and oxygen atoms in total. The zero-order chi connectivity index (χ0) is 9.90. The van der Waals surface area contributed by atoms with E-state index < -0.39 is 5.92 Å². The van der Waals surface area contributed by atoms with E-state index >= 15 is 0 Å². The first-order valence-corrected chi connectivity index (χ1v) is 5.02. The Morgan fingerprint density at radius 2 is 1.92 bits per heavy atom. The van der Waals surface area contributed by atoms with Crippen LogP contribution in [0.5, 0.6) is 0 Å². The Morgan fingerprint density at radius 3 is 2.38 bits per heavy atom. The summed E-state index contributed by atoms with van der Waals surface area (Å²) in [5, 5.41) is 8.82. The number of hydrogen-bond acceptors (Lipinski definition) is 1. The Bertz CT molecular complexity index is 149.